The zero-order chi connectivity index (χ0) is 12.3. The predicted octanol–water partition coefficient (Wildman–Crippen LogP) is 1.33. The van der Waals surface area contributed by atoms with E-state index in [4.69, 9.17) is 0 Å². The Morgan fingerprint density at radius 2 is 1.78 bits per heavy atom. The van der Waals surface area contributed by atoms with Gasteiger partial charge in [0.2, 0.25) is 0 Å². The molecule has 0 spiro atoms. The van der Waals surface area contributed by atoms with Crippen LogP contribution in [0.15, 0.2) is 18.2 Å². The molecule has 0 radical (unpaired) electrons. The molecule has 6 heteroatoms. The van der Waals surface area contributed by atoms with Crippen molar-refractivity contribution in [2.75, 3.05) is 32.8 Å². The second kappa shape index (κ2) is 6.99. The number of nitrogens with zero attached hydrogens (tertiary/aromatic N) is 1. The largest absolute Gasteiger partial charge is 0.394 e. The third kappa shape index (κ3) is 3.17. The first kappa shape index (κ1) is 15.3. The maximum atomic E-state index is 13.6. The van der Waals surface area contributed by atoms with E-state index in [9.17, 15) is 13.9 Å². The standard InChI is InChI=1S/C12H16F2N2O.ClH/c13-9-2-1-3-10(14)12(9)11(8-17)16-6-4-15-5-7-16;/h1-3,11,15,17H,4-8H2;1H/t11-;/m1./s1. The van der Waals surface area contributed by atoms with Gasteiger partial charge in [-0.05, 0) is 12.1 Å². The van der Waals surface area contributed by atoms with Crippen LogP contribution in [-0.2, 0) is 0 Å². The molecule has 1 aliphatic rings. The molecule has 1 atom stereocenters. The Bertz CT molecular complexity index is 366. The quantitative estimate of drug-likeness (QED) is 0.876. The smallest absolute Gasteiger partial charge is 0.131 e. The molecule has 3 nitrogen and oxygen atoms in total. The Morgan fingerprint density at radius 1 is 1.22 bits per heavy atom. The Balaban J connectivity index is 0.00000162. The molecule has 0 unspecified atom stereocenters. The monoisotopic (exact) mass is 278 g/mol. The van der Waals surface area contributed by atoms with E-state index in [2.05, 4.69) is 5.32 Å². The van der Waals surface area contributed by atoms with Crippen LogP contribution in [0.4, 0.5) is 8.78 Å². The Morgan fingerprint density at radius 3 is 2.28 bits per heavy atom. The van der Waals surface area contributed by atoms with E-state index in [0.29, 0.717) is 13.1 Å². The summed E-state index contributed by atoms with van der Waals surface area (Å²) in [6, 6.07) is 3.19. The summed E-state index contributed by atoms with van der Waals surface area (Å²) in [5.41, 5.74) is -0.0306. The number of rotatable bonds is 3. The van der Waals surface area contributed by atoms with Gasteiger partial charge in [0.15, 0.2) is 0 Å². The Hall–Kier alpha value is -0.750. The molecular formula is C12H17ClF2N2O. The lowest BCUT2D eigenvalue weighted by Crippen LogP contribution is -2.46. The third-order valence-corrected chi connectivity index (χ3v) is 3.10. The number of halogens is 3. The molecule has 0 saturated carbocycles. The van der Waals surface area contributed by atoms with Crippen LogP contribution >= 0.6 is 12.4 Å². The van der Waals surface area contributed by atoms with Gasteiger partial charge in [-0.25, -0.2) is 8.78 Å². The molecule has 1 aliphatic heterocycles. The normalized spacial score (nSPS) is 18.2. The van der Waals surface area contributed by atoms with E-state index in [-0.39, 0.29) is 24.6 Å². The van der Waals surface area contributed by atoms with Crippen molar-refractivity contribution >= 4 is 12.4 Å². The van der Waals surface area contributed by atoms with Crippen LogP contribution in [0.25, 0.3) is 0 Å². The van der Waals surface area contributed by atoms with Gasteiger partial charge in [0, 0.05) is 31.7 Å². The summed E-state index contributed by atoms with van der Waals surface area (Å²) in [5, 5.41) is 12.5. The summed E-state index contributed by atoms with van der Waals surface area (Å²) < 4.78 is 27.3. The molecule has 0 aliphatic carbocycles. The van der Waals surface area contributed by atoms with Gasteiger partial charge in [-0.3, -0.25) is 4.90 Å². The van der Waals surface area contributed by atoms with Crippen LogP contribution < -0.4 is 5.32 Å². The van der Waals surface area contributed by atoms with Gasteiger partial charge < -0.3 is 10.4 Å². The molecule has 102 valence electrons. The van der Waals surface area contributed by atoms with Crippen LogP contribution in [-0.4, -0.2) is 42.8 Å². The van der Waals surface area contributed by atoms with Crippen molar-refractivity contribution in [1.82, 2.24) is 10.2 Å². The first-order valence-corrected chi connectivity index (χ1v) is 5.73. The van der Waals surface area contributed by atoms with Crippen molar-refractivity contribution < 1.29 is 13.9 Å². The van der Waals surface area contributed by atoms with Crippen molar-refractivity contribution in [3.05, 3.63) is 35.4 Å². The lowest BCUT2D eigenvalue weighted by molar-refractivity contribution is 0.105. The molecule has 1 heterocycles. The topological polar surface area (TPSA) is 35.5 Å². The van der Waals surface area contributed by atoms with E-state index in [1.807, 2.05) is 4.90 Å². The van der Waals surface area contributed by atoms with Gasteiger partial charge in [-0.15, -0.1) is 12.4 Å². The molecule has 1 fully saturated rings. The van der Waals surface area contributed by atoms with E-state index in [0.717, 1.165) is 13.1 Å². The second-order valence-electron chi connectivity index (χ2n) is 4.12. The molecule has 0 aromatic heterocycles. The minimum atomic E-state index is -0.599. The molecule has 18 heavy (non-hydrogen) atoms. The average Bonchev–Trinajstić information content (AvgIpc) is 2.35. The molecule has 2 rings (SSSR count). The van der Waals surface area contributed by atoms with Crippen LogP contribution in [0.3, 0.4) is 0 Å². The Labute approximate surface area is 111 Å². The number of piperazine rings is 1. The fraction of sp³-hybridized carbons (Fsp3) is 0.500. The number of benzene rings is 1. The van der Waals surface area contributed by atoms with E-state index < -0.39 is 17.7 Å². The number of hydrogen-bond donors (Lipinski definition) is 2. The highest BCUT2D eigenvalue weighted by molar-refractivity contribution is 5.85. The molecular weight excluding hydrogens is 262 g/mol. The van der Waals surface area contributed by atoms with Crippen LogP contribution in [0.5, 0.6) is 0 Å². The van der Waals surface area contributed by atoms with Gasteiger partial charge in [0.1, 0.15) is 11.6 Å². The summed E-state index contributed by atoms with van der Waals surface area (Å²) >= 11 is 0. The summed E-state index contributed by atoms with van der Waals surface area (Å²) in [7, 11) is 0. The van der Waals surface area contributed by atoms with E-state index in [1.165, 1.54) is 18.2 Å². The predicted molar refractivity (Wildman–Crippen MR) is 67.9 cm³/mol. The maximum Gasteiger partial charge on any atom is 0.131 e. The molecule has 1 aromatic carbocycles. The molecule has 1 saturated heterocycles. The zero-order valence-corrected chi connectivity index (χ0v) is 10.7. The highest BCUT2D eigenvalue weighted by Crippen LogP contribution is 2.25. The third-order valence-electron chi connectivity index (χ3n) is 3.10. The zero-order valence-electron chi connectivity index (χ0n) is 9.90. The first-order chi connectivity index (χ1) is 8.24. The summed E-state index contributed by atoms with van der Waals surface area (Å²) in [6.07, 6.45) is 0. The van der Waals surface area contributed by atoms with E-state index in [1.54, 1.807) is 0 Å². The highest BCUT2D eigenvalue weighted by atomic mass is 35.5. The Kier molecular flexibility index (Phi) is 5.95. The van der Waals surface area contributed by atoms with Gasteiger partial charge in [-0.2, -0.15) is 0 Å². The fourth-order valence-electron chi connectivity index (χ4n) is 2.21. The van der Waals surface area contributed by atoms with Crippen molar-refractivity contribution in [1.29, 1.82) is 0 Å². The number of hydrogen-bond acceptors (Lipinski definition) is 3. The lowest BCUT2D eigenvalue weighted by atomic mass is 10.0. The molecule has 0 bridgehead atoms. The summed E-state index contributed by atoms with van der Waals surface area (Å²) in [6.45, 7) is 2.62. The number of nitrogens with one attached hydrogen (secondary N) is 1. The molecule has 2 N–H and O–H groups in total. The summed E-state index contributed by atoms with van der Waals surface area (Å²) in [4.78, 5) is 1.90. The van der Waals surface area contributed by atoms with Crippen molar-refractivity contribution in [3.8, 4) is 0 Å². The first-order valence-electron chi connectivity index (χ1n) is 5.73. The highest BCUT2D eigenvalue weighted by Gasteiger charge is 2.26. The molecule has 1 aromatic rings. The summed E-state index contributed by atoms with van der Waals surface area (Å²) in [5.74, 6) is -1.19. The minimum Gasteiger partial charge on any atom is -0.394 e. The van der Waals surface area contributed by atoms with Crippen molar-refractivity contribution in [2.24, 2.45) is 0 Å². The maximum absolute atomic E-state index is 13.6. The van der Waals surface area contributed by atoms with Crippen LogP contribution in [0, 0.1) is 11.6 Å². The van der Waals surface area contributed by atoms with Gasteiger partial charge in [0.25, 0.3) is 0 Å². The number of aliphatic hydroxyl groups excluding tert-OH is 1. The fourth-order valence-corrected chi connectivity index (χ4v) is 2.21. The average molecular weight is 279 g/mol. The molecule has 0 amide bonds. The van der Waals surface area contributed by atoms with Gasteiger partial charge >= 0.3 is 0 Å². The number of aliphatic hydroxyl groups is 1. The van der Waals surface area contributed by atoms with Crippen molar-refractivity contribution in [2.45, 2.75) is 6.04 Å². The van der Waals surface area contributed by atoms with Crippen molar-refractivity contribution in [3.63, 3.8) is 0 Å². The minimum absolute atomic E-state index is 0. The second-order valence-corrected chi connectivity index (χ2v) is 4.12. The van der Waals surface area contributed by atoms with Crippen LogP contribution in [0.2, 0.25) is 0 Å². The SMILES string of the molecule is Cl.OC[C@H](c1c(F)cccc1F)N1CCNCC1. The lowest BCUT2D eigenvalue weighted by Gasteiger charge is -2.34. The van der Waals surface area contributed by atoms with Crippen LogP contribution in [0.1, 0.15) is 11.6 Å². The van der Waals surface area contributed by atoms with Gasteiger partial charge in [-0.1, -0.05) is 6.07 Å². The van der Waals surface area contributed by atoms with Gasteiger partial charge in [0.05, 0.1) is 12.6 Å². The van der Waals surface area contributed by atoms with E-state index >= 15 is 0 Å².